The minimum absolute atomic E-state index is 0.221. The highest BCUT2D eigenvalue weighted by atomic mass is 32.2. The normalized spacial score (nSPS) is 11.1. The molecule has 4 aromatic rings. The molecule has 0 aliphatic rings. The zero-order chi connectivity index (χ0) is 23.2. The van der Waals surface area contributed by atoms with Crippen molar-refractivity contribution in [2.24, 2.45) is 5.10 Å². The van der Waals surface area contributed by atoms with E-state index in [-0.39, 0.29) is 5.91 Å². The van der Waals surface area contributed by atoms with E-state index in [4.69, 9.17) is 0 Å². The molecule has 5 heteroatoms. The number of aromatic nitrogens is 1. The molecule has 0 unspecified atom stereocenters. The summed E-state index contributed by atoms with van der Waals surface area (Å²) >= 11 is 1.78. The van der Waals surface area contributed by atoms with Crippen molar-refractivity contribution in [2.45, 2.75) is 31.4 Å². The topological polar surface area (TPSA) is 46.4 Å². The third kappa shape index (κ3) is 5.62. The summed E-state index contributed by atoms with van der Waals surface area (Å²) in [5.41, 5.74) is 9.92. The predicted molar refractivity (Wildman–Crippen MR) is 137 cm³/mol. The van der Waals surface area contributed by atoms with Crippen LogP contribution in [0.5, 0.6) is 0 Å². The second-order valence-electron chi connectivity index (χ2n) is 8.00. The Morgan fingerprint density at radius 3 is 2.42 bits per heavy atom. The lowest BCUT2D eigenvalue weighted by atomic mass is 10.1. The van der Waals surface area contributed by atoms with Crippen LogP contribution in [-0.4, -0.2) is 16.7 Å². The standard InChI is InChI=1S/C28H27N3OS/c1-20-8-7-9-26(16-20)31-21(2)17-25(22(31)3)18-29-30-28(32)24-14-12-23(13-15-24)19-33-27-10-5-4-6-11-27/h4-18H,19H2,1-3H3,(H,30,32)/b29-18-. The lowest BCUT2D eigenvalue weighted by molar-refractivity contribution is 0.0955. The van der Waals surface area contributed by atoms with Gasteiger partial charge in [0.15, 0.2) is 0 Å². The fourth-order valence-electron chi connectivity index (χ4n) is 3.74. The Morgan fingerprint density at radius 2 is 1.70 bits per heavy atom. The molecule has 0 bridgehead atoms. The summed E-state index contributed by atoms with van der Waals surface area (Å²) in [6.07, 6.45) is 1.71. The minimum atomic E-state index is -0.221. The van der Waals surface area contributed by atoms with Crippen LogP contribution in [0, 0.1) is 20.8 Å². The van der Waals surface area contributed by atoms with Crippen LogP contribution in [0.25, 0.3) is 5.69 Å². The van der Waals surface area contributed by atoms with Crippen molar-refractivity contribution in [3.05, 3.63) is 119 Å². The maximum absolute atomic E-state index is 12.5. The zero-order valence-corrected chi connectivity index (χ0v) is 19.9. The number of hydrogen-bond donors (Lipinski definition) is 1. The predicted octanol–water partition coefficient (Wildman–Crippen LogP) is 6.46. The summed E-state index contributed by atoms with van der Waals surface area (Å²) in [6, 6.07) is 28.4. The first-order chi connectivity index (χ1) is 16.0. The van der Waals surface area contributed by atoms with Gasteiger partial charge in [-0.25, -0.2) is 5.43 Å². The molecule has 1 amide bonds. The van der Waals surface area contributed by atoms with Gasteiger partial charge in [-0.3, -0.25) is 4.79 Å². The molecule has 0 atom stereocenters. The number of nitrogens with one attached hydrogen (secondary N) is 1. The van der Waals surface area contributed by atoms with Crippen molar-refractivity contribution in [2.75, 3.05) is 0 Å². The SMILES string of the molecule is Cc1cccc(-n2c(C)cc(/C=N\NC(=O)c3ccc(CSc4ccccc4)cc3)c2C)c1. The van der Waals surface area contributed by atoms with Crippen molar-refractivity contribution >= 4 is 23.9 Å². The molecule has 33 heavy (non-hydrogen) atoms. The first-order valence-electron chi connectivity index (χ1n) is 10.9. The lowest BCUT2D eigenvalue weighted by Crippen LogP contribution is -2.17. The van der Waals surface area contributed by atoms with Gasteiger partial charge in [-0.1, -0.05) is 42.5 Å². The molecule has 0 saturated carbocycles. The summed E-state index contributed by atoms with van der Waals surface area (Å²) < 4.78 is 2.20. The number of hydrogen-bond acceptors (Lipinski definition) is 3. The maximum Gasteiger partial charge on any atom is 0.271 e. The minimum Gasteiger partial charge on any atom is -0.318 e. The molecular weight excluding hydrogens is 426 g/mol. The molecule has 0 spiro atoms. The summed E-state index contributed by atoms with van der Waals surface area (Å²) in [6.45, 7) is 6.22. The van der Waals surface area contributed by atoms with Gasteiger partial charge in [-0.15, -0.1) is 11.8 Å². The second-order valence-corrected chi connectivity index (χ2v) is 9.05. The van der Waals surface area contributed by atoms with Crippen LogP contribution in [0.2, 0.25) is 0 Å². The summed E-state index contributed by atoms with van der Waals surface area (Å²) in [4.78, 5) is 13.7. The number of hydrazone groups is 1. The van der Waals surface area contributed by atoms with Crippen LogP contribution < -0.4 is 5.43 Å². The summed E-state index contributed by atoms with van der Waals surface area (Å²) in [5, 5.41) is 4.20. The number of nitrogens with zero attached hydrogens (tertiary/aromatic N) is 2. The number of carbonyl (C=O) groups excluding carboxylic acids is 1. The quantitative estimate of drug-likeness (QED) is 0.198. The van der Waals surface area contributed by atoms with Crippen LogP contribution in [0.4, 0.5) is 0 Å². The Kier molecular flexibility index (Phi) is 7.10. The Hall–Kier alpha value is -3.57. The van der Waals surface area contributed by atoms with Gasteiger partial charge in [0, 0.05) is 38.9 Å². The zero-order valence-electron chi connectivity index (χ0n) is 19.1. The molecule has 1 aromatic heterocycles. The van der Waals surface area contributed by atoms with E-state index in [0.29, 0.717) is 5.56 Å². The summed E-state index contributed by atoms with van der Waals surface area (Å²) in [5.74, 6) is 0.640. The van der Waals surface area contributed by atoms with Crippen LogP contribution >= 0.6 is 11.8 Å². The number of amides is 1. The van der Waals surface area contributed by atoms with Gasteiger partial charge in [0.1, 0.15) is 0 Å². The van der Waals surface area contributed by atoms with Gasteiger partial charge < -0.3 is 4.57 Å². The fourth-order valence-corrected chi connectivity index (χ4v) is 4.62. The third-order valence-electron chi connectivity index (χ3n) is 5.46. The number of aryl methyl sites for hydroxylation is 2. The van der Waals surface area contributed by atoms with Gasteiger partial charge in [-0.2, -0.15) is 5.10 Å². The van der Waals surface area contributed by atoms with Crippen LogP contribution in [-0.2, 0) is 5.75 Å². The summed E-state index contributed by atoms with van der Waals surface area (Å²) in [7, 11) is 0. The monoisotopic (exact) mass is 453 g/mol. The van der Waals surface area contributed by atoms with Gasteiger partial charge in [0.25, 0.3) is 5.91 Å². The van der Waals surface area contributed by atoms with E-state index in [9.17, 15) is 4.79 Å². The van der Waals surface area contributed by atoms with Crippen LogP contribution in [0.15, 0.2) is 94.9 Å². The first kappa shape index (κ1) is 22.6. The number of rotatable bonds is 7. The van der Waals surface area contributed by atoms with Gasteiger partial charge in [0.05, 0.1) is 6.21 Å². The van der Waals surface area contributed by atoms with E-state index < -0.39 is 0 Å². The largest absolute Gasteiger partial charge is 0.318 e. The Balaban J connectivity index is 1.38. The molecule has 3 aromatic carbocycles. The lowest BCUT2D eigenvalue weighted by Gasteiger charge is -2.10. The molecule has 166 valence electrons. The number of thioether (sulfide) groups is 1. The van der Waals surface area contributed by atoms with E-state index in [2.05, 4.69) is 78.3 Å². The highest BCUT2D eigenvalue weighted by Crippen LogP contribution is 2.23. The highest BCUT2D eigenvalue weighted by Gasteiger charge is 2.10. The van der Waals surface area contributed by atoms with Crippen molar-refractivity contribution in [1.82, 2.24) is 9.99 Å². The van der Waals surface area contributed by atoms with Gasteiger partial charge in [-0.05, 0) is 74.4 Å². The molecule has 4 rings (SSSR count). The van der Waals surface area contributed by atoms with Crippen molar-refractivity contribution < 1.29 is 4.79 Å². The average Bonchev–Trinajstić information content (AvgIpc) is 3.11. The second kappa shape index (κ2) is 10.4. The molecule has 0 fully saturated rings. The molecule has 0 aliphatic heterocycles. The molecule has 0 aliphatic carbocycles. The van der Waals surface area contributed by atoms with E-state index in [0.717, 1.165) is 28.4 Å². The van der Waals surface area contributed by atoms with E-state index >= 15 is 0 Å². The Bertz CT molecular complexity index is 1270. The van der Waals surface area contributed by atoms with Crippen LogP contribution in [0.1, 0.15) is 38.4 Å². The van der Waals surface area contributed by atoms with E-state index in [1.54, 1.807) is 18.0 Å². The molecule has 1 N–H and O–H groups in total. The van der Waals surface area contributed by atoms with E-state index in [1.165, 1.54) is 16.0 Å². The number of carbonyl (C=O) groups is 1. The first-order valence-corrected chi connectivity index (χ1v) is 11.9. The Morgan fingerprint density at radius 1 is 0.939 bits per heavy atom. The number of benzene rings is 3. The Labute approximate surface area is 199 Å². The maximum atomic E-state index is 12.5. The van der Waals surface area contributed by atoms with Crippen LogP contribution in [0.3, 0.4) is 0 Å². The molecule has 1 heterocycles. The van der Waals surface area contributed by atoms with Crippen molar-refractivity contribution in [3.8, 4) is 5.69 Å². The van der Waals surface area contributed by atoms with E-state index in [1.807, 2.05) is 42.5 Å². The van der Waals surface area contributed by atoms with Crippen molar-refractivity contribution in [1.29, 1.82) is 0 Å². The molecule has 0 radical (unpaired) electrons. The highest BCUT2D eigenvalue weighted by molar-refractivity contribution is 7.98. The molecule has 4 nitrogen and oxygen atoms in total. The van der Waals surface area contributed by atoms with Crippen molar-refractivity contribution in [3.63, 3.8) is 0 Å². The molecular formula is C28H27N3OS. The molecule has 0 saturated heterocycles. The van der Waals surface area contributed by atoms with Gasteiger partial charge in [0.2, 0.25) is 0 Å². The average molecular weight is 454 g/mol. The third-order valence-corrected chi connectivity index (χ3v) is 6.55. The van der Waals surface area contributed by atoms with Gasteiger partial charge >= 0.3 is 0 Å². The smallest absolute Gasteiger partial charge is 0.271 e. The fraction of sp³-hybridized carbons (Fsp3) is 0.143.